The zero-order valence-corrected chi connectivity index (χ0v) is 11.5. The summed E-state index contributed by atoms with van der Waals surface area (Å²) in [6.07, 6.45) is 3.93. The second kappa shape index (κ2) is 6.55. The molecule has 1 atom stereocenters. The first-order chi connectivity index (χ1) is 8.47. The fourth-order valence-electron chi connectivity index (χ4n) is 1.97. The Labute approximate surface area is 109 Å². The molecule has 2 nitrogen and oxygen atoms in total. The predicted octanol–water partition coefficient (Wildman–Crippen LogP) is 3.56. The van der Waals surface area contributed by atoms with Crippen molar-refractivity contribution in [3.8, 4) is 0 Å². The number of hydrogen-bond donors (Lipinski definition) is 1. The van der Waals surface area contributed by atoms with Crippen LogP contribution in [0, 0.1) is 12.7 Å². The summed E-state index contributed by atoms with van der Waals surface area (Å²) in [5.74, 6) is -0.189. The minimum absolute atomic E-state index is 0.169. The normalized spacial score (nSPS) is 12.3. The number of benzene rings is 1. The predicted molar refractivity (Wildman–Crippen MR) is 76.4 cm³/mol. The van der Waals surface area contributed by atoms with Gasteiger partial charge in [-0.05, 0) is 49.9 Å². The number of rotatable bonds is 6. The van der Waals surface area contributed by atoms with Crippen LogP contribution in [0.15, 0.2) is 24.8 Å². The van der Waals surface area contributed by atoms with Crippen LogP contribution in [-0.4, -0.2) is 13.6 Å². The topological polar surface area (TPSA) is 29.3 Å². The Hall–Kier alpha value is -1.35. The first-order valence-corrected chi connectivity index (χ1v) is 6.35. The number of unbranched alkanes of at least 4 members (excludes halogenated alkanes) is 1. The monoisotopic (exact) mass is 250 g/mol. The van der Waals surface area contributed by atoms with Crippen LogP contribution < -0.4 is 10.6 Å². The van der Waals surface area contributed by atoms with Crippen molar-refractivity contribution in [3.63, 3.8) is 0 Å². The highest BCUT2D eigenvalue weighted by Gasteiger charge is 2.13. The third-order valence-electron chi connectivity index (χ3n) is 3.11. The average Bonchev–Trinajstić information content (AvgIpc) is 2.32. The number of nitrogens with zero attached hydrogens (tertiary/aromatic N) is 1. The molecule has 0 aromatic heterocycles. The van der Waals surface area contributed by atoms with Crippen molar-refractivity contribution in [2.45, 2.75) is 32.7 Å². The summed E-state index contributed by atoms with van der Waals surface area (Å²) in [5, 5.41) is 0. The highest BCUT2D eigenvalue weighted by molar-refractivity contribution is 5.56. The smallest absolute Gasteiger partial charge is 0.126 e. The van der Waals surface area contributed by atoms with Crippen LogP contribution in [0.1, 0.15) is 36.9 Å². The lowest BCUT2D eigenvalue weighted by atomic mass is 10.0. The third kappa shape index (κ3) is 3.57. The maximum atomic E-state index is 13.6. The van der Waals surface area contributed by atoms with Crippen LogP contribution in [0.5, 0.6) is 0 Å². The van der Waals surface area contributed by atoms with Gasteiger partial charge in [-0.15, -0.1) is 6.58 Å². The van der Waals surface area contributed by atoms with Gasteiger partial charge in [-0.1, -0.05) is 6.08 Å². The van der Waals surface area contributed by atoms with Gasteiger partial charge in [-0.3, -0.25) is 0 Å². The highest BCUT2D eigenvalue weighted by Crippen LogP contribution is 2.27. The number of allylic oxidation sites excluding steroid dienone is 1. The zero-order chi connectivity index (χ0) is 13.7. The first-order valence-electron chi connectivity index (χ1n) is 6.35. The van der Waals surface area contributed by atoms with Gasteiger partial charge in [-0.25, -0.2) is 4.39 Å². The van der Waals surface area contributed by atoms with Gasteiger partial charge in [0.05, 0.1) is 0 Å². The standard InChI is InChI=1S/C15H23FN2/c1-5-6-7-8-18(4)15-9-11(2)14(16)10-13(15)12(3)17/h5,9-10,12H,1,6-8,17H2,2-4H3/t12-/m1/s1. The Morgan fingerprint density at radius 1 is 1.50 bits per heavy atom. The first kappa shape index (κ1) is 14.7. The van der Waals surface area contributed by atoms with Crippen LogP contribution in [-0.2, 0) is 0 Å². The minimum atomic E-state index is -0.189. The molecule has 0 heterocycles. The third-order valence-corrected chi connectivity index (χ3v) is 3.11. The average molecular weight is 250 g/mol. The molecular weight excluding hydrogens is 227 g/mol. The van der Waals surface area contributed by atoms with E-state index in [1.165, 1.54) is 0 Å². The van der Waals surface area contributed by atoms with E-state index in [0.29, 0.717) is 5.56 Å². The fourth-order valence-corrected chi connectivity index (χ4v) is 1.97. The SMILES string of the molecule is C=CCCCN(C)c1cc(C)c(F)cc1[C@@H](C)N. The van der Waals surface area contributed by atoms with Crippen molar-refractivity contribution < 1.29 is 4.39 Å². The second-order valence-corrected chi connectivity index (χ2v) is 4.80. The van der Waals surface area contributed by atoms with Crippen molar-refractivity contribution >= 4 is 5.69 Å². The number of aryl methyl sites for hydroxylation is 1. The van der Waals surface area contributed by atoms with E-state index in [2.05, 4.69) is 11.5 Å². The molecule has 18 heavy (non-hydrogen) atoms. The van der Waals surface area contributed by atoms with Crippen LogP contribution in [0.3, 0.4) is 0 Å². The number of anilines is 1. The summed E-state index contributed by atoms with van der Waals surface area (Å²) in [4.78, 5) is 2.13. The lowest BCUT2D eigenvalue weighted by Crippen LogP contribution is -2.22. The molecular formula is C15H23FN2. The largest absolute Gasteiger partial charge is 0.374 e. The number of nitrogens with two attached hydrogens (primary N) is 1. The van der Waals surface area contributed by atoms with E-state index in [9.17, 15) is 4.39 Å². The fraction of sp³-hybridized carbons (Fsp3) is 0.467. The van der Waals surface area contributed by atoms with Gasteiger partial charge in [0, 0.05) is 25.3 Å². The maximum absolute atomic E-state index is 13.6. The molecule has 0 aliphatic heterocycles. The van der Waals surface area contributed by atoms with E-state index in [1.807, 2.05) is 26.1 Å². The van der Waals surface area contributed by atoms with Crippen LogP contribution >= 0.6 is 0 Å². The van der Waals surface area contributed by atoms with E-state index >= 15 is 0 Å². The van der Waals surface area contributed by atoms with E-state index in [0.717, 1.165) is 30.6 Å². The van der Waals surface area contributed by atoms with Crippen molar-refractivity contribution in [1.29, 1.82) is 0 Å². The van der Waals surface area contributed by atoms with Gasteiger partial charge in [0.25, 0.3) is 0 Å². The molecule has 1 aromatic carbocycles. The summed E-state index contributed by atoms with van der Waals surface area (Å²) in [6, 6.07) is 3.26. The number of hydrogen-bond acceptors (Lipinski definition) is 2. The van der Waals surface area contributed by atoms with E-state index in [1.54, 1.807) is 13.0 Å². The number of halogens is 1. The molecule has 0 saturated heterocycles. The van der Waals surface area contributed by atoms with Crippen molar-refractivity contribution in [2.24, 2.45) is 5.73 Å². The van der Waals surface area contributed by atoms with E-state index < -0.39 is 0 Å². The van der Waals surface area contributed by atoms with Gasteiger partial charge < -0.3 is 10.6 Å². The Kier molecular flexibility index (Phi) is 5.35. The molecule has 0 spiro atoms. The molecule has 1 rings (SSSR count). The zero-order valence-electron chi connectivity index (χ0n) is 11.5. The quantitative estimate of drug-likeness (QED) is 0.618. The van der Waals surface area contributed by atoms with Crippen molar-refractivity contribution in [2.75, 3.05) is 18.5 Å². The Morgan fingerprint density at radius 3 is 2.72 bits per heavy atom. The molecule has 0 aliphatic rings. The lowest BCUT2D eigenvalue weighted by molar-refractivity contribution is 0.612. The van der Waals surface area contributed by atoms with Gasteiger partial charge in [0.2, 0.25) is 0 Å². The molecule has 1 aromatic rings. The summed E-state index contributed by atoms with van der Waals surface area (Å²) < 4.78 is 13.6. The van der Waals surface area contributed by atoms with E-state index in [-0.39, 0.29) is 11.9 Å². The maximum Gasteiger partial charge on any atom is 0.126 e. The molecule has 0 radical (unpaired) electrons. The summed E-state index contributed by atoms with van der Waals surface area (Å²) in [7, 11) is 2.02. The second-order valence-electron chi connectivity index (χ2n) is 4.80. The van der Waals surface area contributed by atoms with Gasteiger partial charge in [0.15, 0.2) is 0 Å². The molecule has 3 heteroatoms. The minimum Gasteiger partial charge on any atom is -0.374 e. The molecule has 100 valence electrons. The van der Waals surface area contributed by atoms with Gasteiger partial charge in [-0.2, -0.15) is 0 Å². The molecule has 0 unspecified atom stereocenters. The van der Waals surface area contributed by atoms with Crippen molar-refractivity contribution in [1.82, 2.24) is 0 Å². The summed E-state index contributed by atoms with van der Waals surface area (Å²) in [6.45, 7) is 8.29. The lowest BCUT2D eigenvalue weighted by Gasteiger charge is -2.24. The Morgan fingerprint density at radius 2 is 2.17 bits per heavy atom. The summed E-state index contributed by atoms with van der Waals surface area (Å²) in [5.41, 5.74) is 8.46. The van der Waals surface area contributed by atoms with Crippen LogP contribution in [0.25, 0.3) is 0 Å². The van der Waals surface area contributed by atoms with Gasteiger partial charge >= 0.3 is 0 Å². The Balaban J connectivity index is 2.98. The highest BCUT2D eigenvalue weighted by atomic mass is 19.1. The molecule has 0 saturated carbocycles. The molecule has 2 N–H and O–H groups in total. The van der Waals surface area contributed by atoms with Crippen LogP contribution in [0.4, 0.5) is 10.1 Å². The van der Waals surface area contributed by atoms with Gasteiger partial charge in [0.1, 0.15) is 5.82 Å². The molecule has 0 aliphatic carbocycles. The van der Waals surface area contributed by atoms with Crippen molar-refractivity contribution in [3.05, 3.63) is 41.7 Å². The molecule has 0 fully saturated rings. The molecule has 0 amide bonds. The van der Waals surface area contributed by atoms with Crippen LogP contribution in [0.2, 0.25) is 0 Å². The summed E-state index contributed by atoms with van der Waals surface area (Å²) >= 11 is 0. The Bertz CT molecular complexity index is 413. The molecule has 0 bridgehead atoms. The van der Waals surface area contributed by atoms with E-state index in [4.69, 9.17) is 5.73 Å².